The van der Waals surface area contributed by atoms with E-state index in [2.05, 4.69) is 0 Å². The molecule has 0 aliphatic carbocycles. The van der Waals surface area contributed by atoms with Crippen LogP contribution < -0.4 is 10.5 Å². The number of aliphatic hydroxyl groups is 1. The molecule has 0 bridgehead atoms. The topological polar surface area (TPSA) is 55.5 Å². The average Bonchev–Trinajstić information content (AvgIpc) is 2.12. The molecule has 0 aromatic heterocycles. The van der Waals surface area contributed by atoms with Crippen molar-refractivity contribution in [3.8, 4) is 5.75 Å². The Morgan fingerprint density at radius 3 is 3.08 bits per heavy atom. The van der Waals surface area contributed by atoms with Crippen molar-refractivity contribution in [3.63, 3.8) is 0 Å². The van der Waals surface area contributed by atoms with Crippen LogP contribution in [-0.2, 0) is 0 Å². The molecule has 1 heterocycles. The molecule has 70 valence electrons. The maximum atomic E-state index is 9.72. The Morgan fingerprint density at radius 1 is 1.54 bits per heavy atom. The molecule has 0 saturated heterocycles. The van der Waals surface area contributed by atoms with Crippen LogP contribution in [0.2, 0.25) is 0 Å². The minimum absolute atomic E-state index is 0.310. The second-order valence-corrected chi connectivity index (χ2v) is 3.46. The van der Waals surface area contributed by atoms with E-state index in [9.17, 15) is 5.11 Å². The van der Waals surface area contributed by atoms with E-state index in [1.165, 1.54) is 0 Å². The number of fused-ring (bicyclic) bond motifs is 1. The Labute approximate surface area is 77.1 Å². The minimum Gasteiger partial charge on any atom is -0.491 e. The summed E-state index contributed by atoms with van der Waals surface area (Å²) in [6.07, 6.45) is -0.593. The van der Waals surface area contributed by atoms with Crippen LogP contribution >= 0.6 is 0 Å². The van der Waals surface area contributed by atoms with E-state index in [1.807, 2.05) is 25.1 Å². The molecule has 3 nitrogen and oxygen atoms in total. The zero-order valence-corrected chi connectivity index (χ0v) is 7.53. The summed E-state index contributed by atoms with van der Waals surface area (Å²) in [5.74, 6) is 0.759. The normalized spacial score (nSPS) is 26.4. The number of aliphatic hydroxyl groups excluding tert-OH is 1. The third-order valence-electron chi connectivity index (χ3n) is 2.32. The molecule has 2 rings (SSSR count). The Hall–Kier alpha value is -1.06. The molecule has 0 fully saturated rings. The van der Waals surface area contributed by atoms with Gasteiger partial charge in [-0.3, -0.25) is 0 Å². The molecule has 1 aliphatic heterocycles. The molecular weight excluding hydrogens is 166 g/mol. The fourth-order valence-corrected chi connectivity index (χ4v) is 1.52. The van der Waals surface area contributed by atoms with Gasteiger partial charge in [-0.1, -0.05) is 12.1 Å². The highest BCUT2D eigenvalue weighted by Crippen LogP contribution is 2.31. The lowest BCUT2D eigenvalue weighted by Crippen LogP contribution is -2.38. The maximum absolute atomic E-state index is 9.72. The molecular formula is C10H13NO2. The first-order valence-corrected chi connectivity index (χ1v) is 4.35. The smallest absolute Gasteiger partial charge is 0.125 e. The maximum Gasteiger partial charge on any atom is 0.125 e. The Balaban J connectivity index is 2.44. The zero-order valence-electron chi connectivity index (χ0n) is 7.53. The monoisotopic (exact) mass is 179 g/mol. The summed E-state index contributed by atoms with van der Waals surface area (Å²) in [5.41, 5.74) is 7.58. The van der Waals surface area contributed by atoms with Crippen LogP contribution in [-0.4, -0.2) is 17.8 Å². The van der Waals surface area contributed by atoms with Gasteiger partial charge in [0, 0.05) is 5.56 Å². The lowest BCUT2D eigenvalue weighted by molar-refractivity contribution is 0.0915. The van der Waals surface area contributed by atoms with Crippen LogP contribution in [0.25, 0.3) is 0 Å². The second kappa shape index (κ2) is 3.01. The van der Waals surface area contributed by atoms with Gasteiger partial charge >= 0.3 is 0 Å². The fraction of sp³-hybridized carbons (Fsp3) is 0.400. The third kappa shape index (κ3) is 1.41. The van der Waals surface area contributed by atoms with Crippen molar-refractivity contribution in [1.82, 2.24) is 0 Å². The number of ether oxygens (including phenoxy) is 1. The van der Waals surface area contributed by atoms with Gasteiger partial charge < -0.3 is 15.6 Å². The van der Waals surface area contributed by atoms with Crippen molar-refractivity contribution in [2.24, 2.45) is 5.73 Å². The van der Waals surface area contributed by atoms with E-state index in [0.29, 0.717) is 6.61 Å². The number of hydrogen-bond donors (Lipinski definition) is 2. The summed E-state index contributed by atoms with van der Waals surface area (Å²) in [4.78, 5) is 0. The first-order chi connectivity index (χ1) is 6.18. The van der Waals surface area contributed by atoms with Crippen LogP contribution in [0.5, 0.6) is 5.75 Å². The van der Waals surface area contributed by atoms with E-state index in [-0.39, 0.29) is 6.04 Å². The fourth-order valence-electron chi connectivity index (χ4n) is 1.52. The van der Waals surface area contributed by atoms with Crippen LogP contribution in [0.3, 0.4) is 0 Å². The molecule has 1 aliphatic rings. The van der Waals surface area contributed by atoms with E-state index in [4.69, 9.17) is 10.5 Å². The lowest BCUT2D eigenvalue weighted by Gasteiger charge is -2.27. The van der Waals surface area contributed by atoms with E-state index in [1.54, 1.807) is 0 Å². The molecule has 3 N–H and O–H groups in total. The zero-order chi connectivity index (χ0) is 9.42. The van der Waals surface area contributed by atoms with Crippen molar-refractivity contribution >= 4 is 0 Å². The third-order valence-corrected chi connectivity index (χ3v) is 2.32. The van der Waals surface area contributed by atoms with Crippen molar-refractivity contribution in [3.05, 3.63) is 29.3 Å². The quantitative estimate of drug-likeness (QED) is 0.618. The molecule has 1 aromatic carbocycles. The van der Waals surface area contributed by atoms with Crippen LogP contribution in [0.15, 0.2) is 18.2 Å². The van der Waals surface area contributed by atoms with E-state index in [0.717, 1.165) is 16.9 Å². The van der Waals surface area contributed by atoms with Gasteiger partial charge in [-0.2, -0.15) is 0 Å². The Bertz CT molecular complexity index is 325. The number of aryl methyl sites for hydroxylation is 1. The van der Waals surface area contributed by atoms with Gasteiger partial charge in [0.15, 0.2) is 0 Å². The van der Waals surface area contributed by atoms with Crippen molar-refractivity contribution < 1.29 is 9.84 Å². The standard InChI is InChI=1S/C10H13NO2/c1-6-2-3-7-9(4-6)13-5-8(11)10(7)12/h2-4,8,10,12H,5,11H2,1H3/t8-,10?/m0/s1. The largest absolute Gasteiger partial charge is 0.491 e. The summed E-state index contributed by atoms with van der Waals surface area (Å²) in [7, 11) is 0. The highest BCUT2D eigenvalue weighted by Gasteiger charge is 2.25. The first kappa shape index (κ1) is 8.53. The highest BCUT2D eigenvalue weighted by molar-refractivity contribution is 5.40. The van der Waals surface area contributed by atoms with Crippen molar-refractivity contribution in [1.29, 1.82) is 0 Å². The van der Waals surface area contributed by atoms with E-state index < -0.39 is 6.10 Å². The van der Waals surface area contributed by atoms with Gasteiger partial charge in [-0.15, -0.1) is 0 Å². The molecule has 2 atom stereocenters. The first-order valence-electron chi connectivity index (χ1n) is 4.35. The van der Waals surface area contributed by atoms with Gasteiger partial charge in [0.25, 0.3) is 0 Å². The van der Waals surface area contributed by atoms with Crippen LogP contribution in [0, 0.1) is 6.92 Å². The predicted octanol–water partition coefficient (Wildman–Crippen LogP) is 0.748. The second-order valence-electron chi connectivity index (χ2n) is 3.46. The van der Waals surface area contributed by atoms with Crippen LogP contribution in [0.1, 0.15) is 17.2 Å². The molecule has 0 saturated carbocycles. The molecule has 0 spiro atoms. The molecule has 13 heavy (non-hydrogen) atoms. The SMILES string of the molecule is Cc1ccc2c(c1)OC[C@H](N)C2O. The predicted molar refractivity (Wildman–Crippen MR) is 49.6 cm³/mol. The Kier molecular flexibility index (Phi) is 1.98. The molecule has 0 amide bonds. The number of hydrogen-bond acceptors (Lipinski definition) is 3. The Morgan fingerprint density at radius 2 is 2.31 bits per heavy atom. The summed E-state index contributed by atoms with van der Waals surface area (Å²) >= 11 is 0. The van der Waals surface area contributed by atoms with Crippen molar-refractivity contribution in [2.45, 2.75) is 19.1 Å². The van der Waals surface area contributed by atoms with Gasteiger partial charge in [-0.25, -0.2) is 0 Å². The number of nitrogens with two attached hydrogens (primary N) is 1. The highest BCUT2D eigenvalue weighted by atomic mass is 16.5. The summed E-state index contributed by atoms with van der Waals surface area (Å²) in [6, 6.07) is 5.43. The molecule has 0 radical (unpaired) electrons. The van der Waals surface area contributed by atoms with Crippen LogP contribution in [0.4, 0.5) is 0 Å². The summed E-state index contributed by atoms with van der Waals surface area (Å²) in [5, 5.41) is 9.72. The average molecular weight is 179 g/mol. The lowest BCUT2D eigenvalue weighted by atomic mass is 9.99. The molecule has 1 aromatic rings. The minimum atomic E-state index is -0.593. The number of benzene rings is 1. The van der Waals surface area contributed by atoms with E-state index >= 15 is 0 Å². The molecule has 3 heteroatoms. The van der Waals surface area contributed by atoms with Gasteiger partial charge in [0.1, 0.15) is 18.5 Å². The van der Waals surface area contributed by atoms with Gasteiger partial charge in [0.05, 0.1) is 6.04 Å². The molecule has 1 unspecified atom stereocenters. The van der Waals surface area contributed by atoms with Crippen molar-refractivity contribution in [2.75, 3.05) is 6.61 Å². The summed E-state index contributed by atoms with van der Waals surface area (Å²) < 4.78 is 5.40. The summed E-state index contributed by atoms with van der Waals surface area (Å²) in [6.45, 7) is 2.38. The van der Waals surface area contributed by atoms with Gasteiger partial charge in [-0.05, 0) is 18.6 Å². The number of rotatable bonds is 0. The van der Waals surface area contributed by atoms with Gasteiger partial charge in [0.2, 0.25) is 0 Å².